The zero-order valence-corrected chi connectivity index (χ0v) is 14.3. The molecule has 22 heavy (non-hydrogen) atoms. The van der Waals surface area contributed by atoms with Gasteiger partial charge in [-0.25, -0.2) is 4.79 Å². The Morgan fingerprint density at radius 3 is 2.50 bits per heavy atom. The predicted molar refractivity (Wildman–Crippen MR) is 90.0 cm³/mol. The molecule has 1 aliphatic rings. The molecule has 4 nitrogen and oxygen atoms in total. The van der Waals surface area contributed by atoms with Crippen molar-refractivity contribution in [2.24, 2.45) is 5.92 Å². The van der Waals surface area contributed by atoms with Crippen LogP contribution >= 0.6 is 0 Å². The average molecular weight is 304 g/mol. The highest BCUT2D eigenvalue weighted by molar-refractivity contribution is 5.70. The fourth-order valence-corrected chi connectivity index (χ4v) is 3.21. The molecule has 2 unspecified atom stereocenters. The number of hydrogen-bond donors (Lipinski definition) is 2. The highest BCUT2D eigenvalue weighted by atomic mass is 16.6. The van der Waals surface area contributed by atoms with Crippen molar-refractivity contribution >= 4 is 11.8 Å². The minimum atomic E-state index is -0.484. The van der Waals surface area contributed by atoms with E-state index in [9.17, 15) is 4.79 Å². The molecule has 4 heteroatoms. The zero-order valence-electron chi connectivity index (χ0n) is 14.3. The molecule has 0 aliphatic carbocycles. The van der Waals surface area contributed by atoms with E-state index < -0.39 is 5.60 Å². The van der Waals surface area contributed by atoms with Gasteiger partial charge in [0.05, 0.1) is 6.04 Å². The van der Waals surface area contributed by atoms with Crippen LogP contribution in [0.25, 0.3) is 0 Å². The topological polar surface area (TPSA) is 50.4 Å². The Morgan fingerprint density at radius 1 is 1.23 bits per heavy atom. The van der Waals surface area contributed by atoms with Crippen molar-refractivity contribution in [1.82, 2.24) is 5.32 Å². The Labute approximate surface area is 133 Å². The monoisotopic (exact) mass is 304 g/mol. The molecule has 1 aromatic carbocycles. The minimum absolute atomic E-state index is 0.0118. The number of hydrogen-bond acceptors (Lipinski definition) is 3. The second-order valence-corrected chi connectivity index (χ2v) is 6.94. The summed E-state index contributed by atoms with van der Waals surface area (Å²) in [5.41, 5.74) is 1.77. The van der Waals surface area contributed by atoms with Crippen molar-refractivity contribution in [2.45, 2.75) is 65.1 Å². The molecule has 1 heterocycles. The van der Waals surface area contributed by atoms with E-state index in [-0.39, 0.29) is 12.1 Å². The lowest BCUT2D eigenvalue weighted by Gasteiger charge is -2.40. The van der Waals surface area contributed by atoms with Gasteiger partial charge >= 0.3 is 6.09 Å². The van der Waals surface area contributed by atoms with Gasteiger partial charge in [0.25, 0.3) is 0 Å². The first kappa shape index (κ1) is 16.7. The van der Waals surface area contributed by atoms with Crippen molar-refractivity contribution in [3.8, 4) is 0 Å². The number of benzene rings is 1. The third-order valence-electron chi connectivity index (χ3n) is 4.17. The third kappa shape index (κ3) is 3.73. The summed E-state index contributed by atoms with van der Waals surface area (Å²) < 4.78 is 5.45. The lowest BCUT2D eigenvalue weighted by Crippen LogP contribution is -2.45. The SMILES string of the molecule is CCC1Nc2ccccc2[C@H](NC(=O)OC(C)(C)C)C1CC. The molecule has 2 rings (SSSR count). The molecule has 0 radical (unpaired) electrons. The van der Waals surface area contributed by atoms with Gasteiger partial charge in [-0.2, -0.15) is 0 Å². The number of fused-ring (bicyclic) bond motifs is 1. The summed E-state index contributed by atoms with van der Waals surface area (Å²) in [5, 5.41) is 6.70. The van der Waals surface area contributed by atoms with E-state index >= 15 is 0 Å². The first-order chi connectivity index (χ1) is 10.4. The van der Waals surface area contributed by atoms with Gasteiger partial charge in [0.1, 0.15) is 5.60 Å². The van der Waals surface area contributed by atoms with Gasteiger partial charge < -0.3 is 15.4 Å². The summed E-state index contributed by atoms with van der Waals surface area (Å²) in [6, 6.07) is 8.55. The molecule has 3 atom stereocenters. The van der Waals surface area contributed by atoms with E-state index in [0.717, 1.165) is 24.1 Å². The number of para-hydroxylation sites is 1. The fraction of sp³-hybridized carbons (Fsp3) is 0.611. The van der Waals surface area contributed by atoms with Crippen molar-refractivity contribution in [3.05, 3.63) is 29.8 Å². The molecule has 2 N–H and O–H groups in total. The molecule has 0 saturated heterocycles. The molecule has 1 aliphatic heterocycles. The fourth-order valence-electron chi connectivity index (χ4n) is 3.21. The summed E-state index contributed by atoms with van der Waals surface area (Å²) >= 11 is 0. The third-order valence-corrected chi connectivity index (χ3v) is 4.17. The Hall–Kier alpha value is -1.71. The van der Waals surface area contributed by atoms with Crippen molar-refractivity contribution in [1.29, 1.82) is 0 Å². The quantitative estimate of drug-likeness (QED) is 0.865. The van der Waals surface area contributed by atoms with Crippen LogP contribution in [0.5, 0.6) is 0 Å². The molecule has 0 aromatic heterocycles. The van der Waals surface area contributed by atoms with Gasteiger partial charge in [-0.05, 0) is 45.2 Å². The maximum absolute atomic E-state index is 12.2. The van der Waals surface area contributed by atoms with E-state index in [0.29, 0.717) is 12.0 Å². The molecule has 122 valence electrons. The van der Waals surface area contributed by atoms with Crippen LogP contribution in [0.4, 0.5) is 10.5 Å². The zero-order chi connectivity index (χ0) is 16.3. The van der Waals surface area contributed by atoms with Crippen LogP contribution in [-0.2, 0) is 4.74 Å². The van der Waals surface area contributed by atoms with E-state index in [4.69, 9.17) is 4.74 Å². The van der Waals surface area contributed by atoms with Crippen LogP contribution in [0, 0.1) is 5.92 Å². The van der Waals surface area contributed by atoms with Crippen LogP contribution in [0.2, 0.25) is 0 Å². The number of anilines is 1. The number of rotatable bonds is 3. The summed E-state index contributed by atoms with van der Waals surface area (Å²) in [6.07, 6.45) is 1.68. The summed E-state index contributed by atoms with van der Waals surface area (Å²) in [7, 11) is 0. The second-order valence-electron chi connectivity index (χ2n) is 6.94. The average Bonchev–Trinajstić information content (AvgIpc) is 2.44. The van der Waals surface area contributed by atoms with Crippen LogP contribution in [0.1, 0.15) is 59.1 Å². The summed E-state index contributed by atoms with van der Waals surface area (Å²) in [6.45, 7) is 10.0. The number of nitrogens with one attached hydrogen (secondary N) is 2. The predicted octanol–water partition coefficient (Wildman–Crippen LogP) is 4.48. The Morgan fingerprint density at radius 2 is 1.91 bits per heavy atom. The Kier molecular flexibility index (Phi) is 4.99. The van der Waals surface area contributed by atoms with Crippen LogP contribution in [-0.4, -0.2) is 17.7 Å². The number of alkyl carbamates (subject to hydrolysis) is 1. The van der Waals surface area contributed by atoms with Gasteiger partial charge in [-0.3, -0.25) is 0 Å². The van der Waals surface area contributed by atoms with Gasteiger partial charge in [0.2, 0.25) is 0 Å². The Balaban J connectivity index is 2.27. The Bertz CT molecular complexity index is 522. The van der Waals surface area contributed by atoms with Gasteiger partial charge in [0, 0.05) is 17.6 Å². The largest absolute Gasteiger partial charge is 0.444 e. The smallest absolute Gasteiger partial charge is 0.408 e. The van der Waals surface area contributed by atoms with Crippen molar-refractivity contribution in [2.75, 3.05) is 5.32 Å². The number of carbonyl (C=O) groups excluding carboxylic acids is 1. The standard InChI is InChI=1S/C18H28N2O2/c1-6-12-14(7-2)19-15-11-9-8-10-13(15)16(12)20-17(21)22-18(3,4)5/h8-12,14,16,19H,6-7H2,1-5H3,(H,20,21)/t12?,14?,16-/m1/s1. The van der Waals surface area contributed by atoms with Crippen molar-refractivity contribution < 1.29 is 9.53 Å². The van der Waals surface area contributed by atoms with Crippen LogP contribution < -0.4 is 10.6 Å². The highest BCUT2D eigenvalue weighted by Gasteiger charge is 2.36. The second kappa shape index (κ2) is 6.59. The van der Waals surface area contributed by atoms with E-state index in [1.807, 2.05) is 32.9 Å². The first-order valence-corrected chi connectivity index (χ1v) is 8.20. The molecule has 1 aromatic rings. The maximum Gasteiger partial charge on any atom is 0.408 e. The van der Waals surface area contributed by atoms with Gasteiger partial charge in [0.15, 0.2) is 0 Å². The highest BCUT2D eigenvalue weighted by Crippen LogP contribution is 2.39. The minimum Gasteiger partial charge on any atom is -0.444 e. The van der Waals surface area contributed by atoms with Gasteiger partial charge in [-0.15, -0.1) is 0 Å². The number of amides is 1. The molecule has 0 spiro atoms. The normalized spacial score (nSPS) is 24.1. The molecule has 1 amide bonds. The lowest BCUT2D eigenvalue weighted by atomic mass is 9.80. The van der Waals surface area contributed by atoms with Crippen LogP contribution in [0.15, 0.2) is 24.3 Å². The number of carbonyl (C=O) groups is 1. The van der Waals surface area contributed by atoms with E-state index in [2.05, 4.69) is 36.6 Å². The number of ether oxygens (including phenoxy) is 1. The van der Waals surface area contributed by atoms with Crippen LogP contribution in [0.3, 0.4) is 0 Å². The molecule has 0 bridgehead atoms. The van der Waals surface area contributed by atoms with E-state index in [1.165, 1.54) is 0 Å². The molecule has 0 fully saturated rings. The summed E-state index contributed by atoms with van der Waals surface area (Å²) in [4.78, 5) is 12.2. The molecular formula is C18H28N2O2. The van der Waals surface area contributed by atoms with E-state index in [1.54, 1.807) is 0 Å². The first-order valence-electron chi connectivity index (χ1n) is 8.20. The van der Waals surface area contributed by atoms with Crippen molar-refractivity contribution in [3.63, 3.8) is 0 Å². The molecule has 0 saturated carbocycles. The maximum atomic E-state index is 12.2. The lowest BCUT2D eigenvalue weighted by molar-refractivity contribution is 0.0477. The summed E-state index contributed by atoms with van der Waals surface area (Å²) in [5.74, 6) is 0.354. The molecular weight excluding hydrogens is 276 g/mol. The van der Waals surface area contributed by atoms with Gasteiger partial charge in [-0.1, -0.05) is 32.0 Å².